The van der Waals surface area contributed by atoms with E-state index >= 15 is 0 Å². The monoisotopic (exact) mass is 425 g/mol. The van der Waals surface area contributed by atoms with Crippen molar-refractivity contribution in [1.82, 2.24) is 9.88 Å². The summed E-state index contributed by atoms with van der Waals surface area (Å²) in [6.45, 7) is 1.73. The van der Waals surface area contributed by atoms with Crippen molar-refractivity contribution in [2.24, 2.45) is 0 Å². The molecular weight excluding hydrogens is 410 g/mol. The van der Waals surface area contributed by atoms with Gasteiger partial charge in [0, 0.05) is 17.6 Å². The molecule has 0 spiro atoms. The molecule has 0 radical (unpaired) electrons. The van der Waals surface area contributed by atoms with Crippen molar-refractivity contribution in [3.63, 3.8) is 0 Å². The second-order valence-electron chi connectivity index (χ2n) is 6.67. The Morgan fingerprint density at radius 3 is 2.47 bits per heavy atom. The summed E-state index contributed by atoms with van der Waals surface area (Å²) in [5.41, 5.74) is 1.71. The lowest BCUT2D eigenvalue weighted by Gasteiger charge is -2.13. The highest BCUT2D eigenvalue weighted by Crippen LogP contribution is 2.25. The summed E-state index contributed by atoms with van der Waals surface area (Å²) in [4.78, 5) is 34.6. The number of imide groups is 1. The molecule has 0 saturated heterocycles. The van der Waals surface area contributed by atoms with Crippen LogP contribution in [-0.4, -0.2) is 35.9 Å². The van der Waals surface area contributed by atoms with Gasteiger partial charge in [0.05, 0.1) is 16.0 Å². The lowest BCUT2D eigenvalue weighted by molar-refractivity contribution is 0.0687. The van der Waals surface area contributed by atoms with Gasteiger partial charge < -0.3 is 9.67 Å². The quantitative estimate of drug-likeness (QED) is 0.536. The van der Waals surface area contributed by atoms with Gasteiger partial charge in [-0.1, -0.05) is 0 Å². The fourth-order valence-corrected chi connectivity index (χ4v) is 4.36. The van der Waals surface area contributed by atoms with E-state index < -0.39 is 27.8 Å². The Morgan fingerprint density at radius 1 is 1.03 bits per heavy atom. The number of anilines is 1. The molecule has 152 valence electrons. The number of nitrogens with zero attached hydrogens (tertiary/aromatic N) is 1. The van der Waals surface area contributed by atoms with Gasteiger partial charge in [-0.25, -0.2) is 13.2 Å². The molecule has 1 aliphatic heterocycles. The zero-order valence-corrected chi connectivity index (χ0v) is 16.4. The molecule has 3 aromatic rings. The number of carboxylic acids is 1. The van der Waals surface area contributed by atoms with E-state index in [0.29, 0.717) is 11.3 Å². The second kappa shape index (κ2) is 6.85. The van der Waals surface area contributed by atoms with Gasteiger partial charge in [0.25, 0.3) is 21.8 Å². The summed E-state index contributed by atoms with van der Waals surface area (Å²) in [5.74, 6) is -2.29. The Morgan fingerprint density at radius 2 is 1.77 bits per heavy atom. The lowest BCUT2D eigenvalue weighted by atomic mass is 10.1. The van der Waals surface area contributed by atoms with Gasteiger partial charge in [-0.2, -0.15) is 0 Å². The van der Waals surface area contributed by atoms with E-state index in [0.717, 1.165) is 6.07 Å². The van der Waals surface area contributed by atoms with E-state index in [1.807, 2.05) is 0 Å². The van der Waals surface area contributed by atoms with E-state index in [-0.39, 0.29) is 27.4 Å². The van der Waals surface area contributed by atoms with Crippen LogP contribution in [0.4, 0.5) is 5.69 Å². The Hall–Kier alpha value is -3.92. The summed E-state index contributed by atoms with van der Waals surface area (Å²) in [6.07, 6.45) is 1.60. The van der Waals surface area contributed by atoms with Crippen LogP contribution in [0.25, 0.3) is 5.69 Å². The minimum absolute atomic E-state index is 0.00297. The van der Waals surface area contributed by atoms with E-state index in [1.54, 1.807) is 31.3 Å². The second-order valence-corrected chi connectivity index (χ2v) is 8.35. The molecule has 0 atom stereocenters. The van der Waals surface area contributed by atoms with Crippen LogP contribution in [0.15, 0.2) is 59.6 Å². The minimum Gasteiger partial charge on any atom is -0.477 e. The standard InChI is InChI=1S/C20H15N3O6S/c1-11-9-12(4-7-16(11)23-8-2-3-17(23)20(26)27)22-30(28,29)13-5-6-14-15(10-13)19(25)21-18(14)24/h2-10,22H,1H3,(H,26,27)(H,21,24,25). The first-order valence-electron chi connectivity index (χ1n) is 8.71. The predicted molar refractivity (Wildman–Crippen MR) is 107 cm³/mol. The molecule has 2 heterocycles. The molecule has 0 saturated carbocycles. The van der Waals surface area contributed by atoms with E-state index in [4.69, 9.17) is 0 Å². The molecular formula is C20H15N3O6S. The van der Waals surface area contributed by atoms with Crippen LogP contribution in [0.2, 0.25) is 0 Å². The van der Waals surface area contributed by atoms with Crippen LogP contribution in [-0.2, 0) is 10.0 Å². The number of nitrogens with one attached hydrogen (secondary N) is 2. The minimum atomic E-state index is -4.02. The molecule has 4 rings (SSSR count). The first-order valence-corrected chi connectivity index (χ1v) is 10.2. The summed E-state index contributed by atoms with van der Waals surface area (Å²) in [5, 5.41) is 11.4. The van der Waals surface area contributed by atoms with Crippen molar-refractivity contribution in [2.45, 2.75) is 11.8 Å². The van der Waals surface area contributed by atoms with Gasteiger partial charge in [-0.05, 0) is 61.0 Å². The van der Waals surface area contributed by atoms with Gasteiger partial charge in [0.15, 0.2) is 0 Å². The van der Waals surface area contributed by atoms with Crippen LogP contribution >= 0.6 is 0 Å². The molecule has 9 nitrogen and oxygen atoms in total. The number of hydrogen-bond acceptors (Lipinski definition) is 5. The Balaban J connectivity index is 1.65. The number of carboxylic acid groups (broad SMARTS) is 1. The van der Waals surface area contributed by atoms with Crippen LogP contribution in [0.5, 0.6) is 0 Å². The maximum Gasteiger partial charge on any atom is 0.352 e. The average Bonchev–Trinajstić information content (AvgIpc) is 3.27. The fourth-order valence-electron chi connectivity index (χ4n) is 3.28. The smallest absolute Gasteiger partial charge is 0.352 e. The van der Waals surface area contributed by atoms with Crippen molar-refractivity contribution in [1.29, 1.82) is 0 Å². The van der Waals surface area contributed by atoms with Crippen molar-refractivity contribution in [2.75, 3.05) is 4.72 Å². The topological polar surface area (TPSA) is 135 Å². The highest BCUT2D eigenvalue weighted by molar-refractivity contribution is 7.92. The first kappa shape index (κ1) is 19.4. The third-order valence-corrected chi connectivity index (χ3v) is 6.07. The molecule has 1 aliphatic rings. The molecule has 0 unspecified atom stereocenters. The van der Waals surface area contributed by atoms with E-state index in [9.17, 15) is 27.9 Å². The number of aromatic carboxylic acids is 1. The van der Waals surface area contributed by atoms with Crippen molar-refractivity contribution in [3.05, 3.63) is 77.1 Å². The van der Waals surface area contributed by atoms with Crippen LogP contribution in [0, 0.1) is 6.92 Å². The van der Waals surface area contributed by atoms with Gasteiger partial charge in [-0.3, -0.25) is 19.6 Å². The third-order valence-electron chi connectivity index (χ3n) is 4.69. The first-order chi connectivity index (χ1) is 14.2. The van der Waals surface area contributed by atoms with Gasteiger partial charge in [-0.15, -0.1) is 0 Å². The van der Waals surface area contributed by atoms with Crippen molar-refractivity contribution in [3.8, 4) is 5.69 Å². The molecule has 30 heavy (non-hydrogen) atoms. The van der Waals surface area contributed by atoms with Crippen molar-refractivity contribution >= 4 is 33.5 Å². The molecule has 2 amide bonds. The number of carbonyl (C=O) groups excluding carboxylic acids is 2. The normalized spacial score (nSPS) is 13.1. The number of sulfonamides is 1. The van der Waals surface area contributed by atoms with Crippen LogP contribution in [0.1, 0.15) is 36.8 Å². The molecule has 10 heteroatoms. The maximum absolute atomic E-state index is 12.7. The summed E-state index contributed by atoms with van der Waals surface area (Å²) in [7, 11) is -4.02. The summed E-state index contributed by atoms with van der Waals surface area (Å²) >= 11 is 0. The SMILES string of the molecule is Cc1cc(NS(=O)(=O)c2ccc3c(c2)C(=O)NC3=O)ccc1-n1cccc1C(=O)O. The number of benzene rings is 2. The number of hydrogen-bond donors (Lipinski definition) is 3. The highest BCUT2D eigenvalue weighted by atomic mass is 32.2. The summed E-state index contributed by atoms with van der Waals surface area (Å²) < 4.78 is 29.4. The molecule has 1 aromatic heterocycles. The predicted octanol–water partition coefficient (Wildman–Crippen LogP) is 2.17. The molecule has 0 aliphatic carbocycles. The number of amides is 2. The van der Waals surface area contributed by atoms with Crippen LogP contribution in [0.3, 0.4) is 0 Å². The molecule has 3 N–H and O–H groups in total. The maximum atomic E-state index is 12.7. The summed E-state index contributed by atoms with van der Waals surface area (Å²) in [6, 6.07) is 11.4. The molecule has 0 fully saturated rings. The fraction of sp³-hybridized carbons (Fsp3) is 0.0500. The number of aromatic nitrogens is 1. The number of fused-ring (bicyclic) bond motifs is 1. The lowest BCUT2D eigenvalue weighted by Crippen LogP contribution is -2.19. The van der Waals surface area contributed by atoms with Gasteiger partial charge >= 0.3 is 5.97 Å². The number of rotatable bonds is 5. The van der Waals surface area contributed by atoms with E-state index in [1.165, 1.54) is 28.8 Å². The number of carbonyl (C=O) groups is 3. The average molecular weight is 425 g/mol. The van der Waals surface area contributed by atoms with Gasteiger partial charge in [0.1, 0.15) is 5.69 Å². The van der Waals surface area contributed by atoms with E-state index in [2.05, 4.69) is 10.0 Å². The Labute approximate surface area is 171 Å². The molecule has 0 bridgehead atoms. The Kier molecular flexibility index (Phi) is 4.43. The zero-order valence-electron chi connectivity index (χ0n) is 15.5. The highest BCUT2D eigenvalue weighted by Gasteiger charge is 2.28. The Bertz CT molecular complexity index is 1340. The third kappa shape index (κ3) is 3.22. The largest absolute Gasteiger partial charge is 0.477 e. The number of aryl methyl sites for hydroxylation is 1. The van der Waals surface area contributed by atoms with Crippen molar-refractivity contribution < 1.29 is 27.9 Å². The van der Waals surface area contributed by atoms with Gasteiger partial charge in [0.2, 0.25) is 0 Å². The zero-order chi connectivity index (χ0) is 21.6. The van der Waals surface area contributed by atoms with Crippen LogP contribution < -0.4 is 10.0 Å². The molecule has 2 aromatic carbocycles.